The molecular weight excluding hydrogens is 252 g/mol. The van der Waals surface area contributed by atoms with E-state index in [1.807, 2.05) is 12.1 Å². The maximum atomic E-state index is 5.98. The van der Waals surface area contributed by atoms with Crippen LogP contribution in [0.2, 0.25) is 0 Å². The van der Waals surface area contributed by atoms with Gasteiger partial charge in [0.25, 0.3) is 0 Å². The number of ether oxygens (including phenoxy) is 1. The number of para-hydroxylation sites is 1. The van der Waals surface area contributed by atoms with Crippen molar-refractivity contribution in [1.29, 1.82) is 0 Å². The molecule has 0 radical (unpaired) electrons. The predicted molar refractivity (Wildman–Crippen MR) is 79.7 cm³/mol. The van der Waals surface area contributed by atoms with E-state index in [1.54, 1.807) is 7.11 Å². The molecule has 0 bridgehead atoms. The molecule has 1 aliphatic rings. The minimum atomic E-state index is 0.171. The van der Waals surface area contributed by atoms with E-state index < -0.39 is 0 Å². The second-order valence-corrected chi connectivity index (χ2v) is 5.43. The van der Waals surface area contributed by atoms with E-state index in [0.29, 0.717) is 0 Å². The van der Waals surface area contributed by atoms with E-state index in [9.17, 15) is 0 Å². The van der Waals surface area contributed by atoms with Gasteiger partial charge in [-0.2, -0.15) is 0 Å². The van der Waals surface area contributed by atoms with Crippen molar-refractivity contribution in [3.05, 3.63) is 30.0 Å². The van der Waals surface area contributed by atoms with Crippen LogP contribution >= 0.6 is 0 Å². The molecule has 0 aliphatic carbocycles. The van der Waals surface area contributed by atoms with Gasteiger partial charge in [-0.1, -0.05) is 18.6 Å². The fourth-order valence-electron chi connectivity index (χ4n) is 2.79. The van der Waals surface area contributed by atoms with Crippen molar-refractivity contribution in [2.24, 2.45) is 0 Å². The number of hydrazine groups is 1. The van der Waals surface area contributed by atoms with Crippen LogP contribution in [0.1, 0.15) is 38.0 Å². The van der Waals surface area contributed by atoms with Gasteiger partial charge >= 0.3 is 0 Å². The Balaban J connectivity index is 1.78. The Morgan fingerprint density at radius 1 is 1.25 bits per heavy atom. The van der Waals surface area contributed by atoms with E-state index in [-0.39, 0.29) is 6.04 Å². The minimum absolute atomic E-state index is 0.171. The number of hydrogen-bond donors (Lipinski definition) is 1. The van der Waals surface area contributed by atoms with Gasteiger partial charge < -0.3 is 9.15 Å². The van der Waals surface area contributed by atoms with Crippen LogP contribution < -0.4 is 10.2 Å². The van der Waals surface area contributed by atoms with Crippen molar-refractivity contribution >= 4 is 11.0 Å². The first-order valence-corrected chi connectivity index (χ1v) is 7.35. The second kappa shape index (κ2) is 5.85. The third kappa shape index (κ3) is 2.67. The molecule has 4 heteroatoms. The predicted octanol–water partition coefficient (Wildman–Crippen LogP) is 3.49. The zero-order valence-electron chi connectivity index (χ0n) is 12.2. The van der Waals surface area contributed by atoms with Gasteiger partial charge in [-0.05, 0) is 31.9 Å². The summed E-state index contributed by atoms with van der Waals surface area (Å²) in [5, 5.41) is 3.39. The lowest BCUT2D eigenvalue weighted by molar-refractivity contribution is 0.127. The van der Waals surface area contributed by atoms with Crippen LogP contribution in [-0.4, -0.2) is 25.2 Å². The first-order chi connectivity index (χ1) is 9.78. The molecule has 1 aromatic carbocycles. The zero-order valence-corrected chi connectivity index (χ0v) is 12.2. The molecule has 20 heavy (non-hydrogen) atoms. The number of nitrogens with one attached hydrogen (secondary N) is 1. The summed E-state index contributed by atoms with van der Waals surface area (Å²) in [4.78, 5) is 0. The number of hydrogen-bond acceptors (Lipinski definition) is 4. The maximum Gasteiger partial charge on any atom is 0.176 e. The fourth-order valence-corrected chi connectivity index (χ4v) is 2.79. The van der Waals surface area contributed by atoms with Gasteiger partial charge in [0.1, 0.15) is 5.76 Å². The second-order valence-electron chi connectivity index (χ2n) is 5.43. The van der Waals surface area contributed by atoms with Crippen molar-refractivity contribution in [1.82, 2.24) is 10.4 Å². The van der Waals surface area contributed by atoms with Gasteiger partial charge in [0.05, 0.1) is 13.2 Å². The highest BCUT2D eigenvalue weighted by Gasteiger charge is 2.17. The topological polar surface area (TPSA) is 37.6 Å². The monoisotopic (exact) mass is 274 g/mol. The molecule has 0 spiro atoms. The first kappa shape index (κ1) is 13.5. The van der Waals surface area contributed by atoms with E-state index in [1.165, 1.54) is 19.3 Å². The van der Waals surface area contributed by atoms with Gasteiger partial charge in [0.15, 0.2) is 11.3 Å². The average molecular weight is 274 g/mol. The molecule has 1 unspecified atom stereocenters. The zero-order chi connectivity index (χ0) is 13.9. The summed E-state index contributed by atoms with van der Waals surface area (Å²) in [5.41, 5.74) is 4.36. The summed E-state index contributed by atoms with van der Waals surface area (Å²) >= 11 is 0. The number of methoxy groups -OCH3 is 1. The van der Waals surface area contributed by atoms with Gasteiger partial charge in [-0.15, -0.1) is 0 Å². The van der Waals surface area contributed by atoms with E-state index in [0.717, 1.165) is 35.6 Å². The first-order valence-electron chi connectivity index (χ1n) is 7.35. The Morgan fingerprint density at radius 2 is 2.05 bits per heavy atom. The highest BCUT2D eigenvalue weighted by Crippen LogP contribution is 2.31. The van der Waals surface area contributed by atoms with Crippen LogP contribution in [-0.2, 0) is 0 Å². The molecule has 1 aliphatic heterocycles. The smallest absolute Gasteiger partial charge is 0.176 e. The Kier molecular flexibility index (Phi) is 3.94. The Hall–Kier alpha value is -1.52. The normalized spacial score (nSPS) is 18.3. The highest BCUT2D eigenvalue weighted by molar-refractivity contribution is 5.83. The van der Waals surface area contributed by atoms with Crippen molar-refractivity contribution < 1.29 is 9.15 Å². The van der Waals surface area contributed by atoms with Crippen molar-refractivity contribution in [3.8, 4) is 5.75 Å². The number of fused-ring (bicyclic) bond motifs is 1. The van der Waals surface area contributed by atoms with E-state index >= 15 is 0 Å². The molecule has 0 amide bonds. The van der Waals surface area contributed by atoms with Crippen LogP contribution in [0.4, 0.5) is 0 Å². The highest BCUT2D eigenvalue weighted by atomic mass is 16.5. The summed E-state index contributed by atoms with van der Waals surface area (Å²) in [7, 11) is 1.67. The fraction of sp³-hybridized carbons (Fsp3) is 0.500. The summed E-state index contributed by atoms with van der Waals surface area (Å²) in [5.74, 6) is 1.74. The molecule has 0 saturated carbocycles. The number of nitrogens with zero attached hydrogens (tertiary/aromatic N) is 1. The van der Waals surface area contributed by atoms with E-state index in [4.69, 9.17) is 9.15 Å². The Morgan fingerprint density at radius 3 is 2.80 bits per heavy atom. The van der Waals surface area contributed by atoms with Gasteiger partial charge in [-0.3, -0.25) is 0 Å². The van der Waals surface area contributed by atoms with Crippen LogP contribution in [0.3, 0.4) is 0 Å². The van der Waals surface area contributed by atoms with Crippen molar-refractivity contribution in [2.75, 3.05) is 20.2 Å². The molecule has 1 aromatic heterocycles. The Bertz CT molecular complexity index is 573. The average Bonchev–Trinajstić information content (AvgIpc) is 2.92. The summed E-state index contributed by atoms with van der Waals surface area (Å²) in [6.07, 6.45) is 3.88. The molecule has 3 rings (SSSR count). The molecule has 1 atom stereocenters. The molecule has 2 aromatic rings. The summed E-state index contributed by atoms with van der Waals surface area (Å²) < 4.78 is 11.3. The molecule has 1 fully saturated rings. The van der Waals surface area contributed by atoms with Gasteiger partial charge in [-0.25, -0.2) is 10.4 Å². The lowest BCUT2D eigenvalue weighted by Crippen LogP contribution is -2.42. The van der Waals surface area contributed by atoms with Crippen molar-refractivity contribution in [3.63, 3.8) is 0 Å². The molecule has 108 valence electrons. The quantitative estimate of drug-likeness (QED) is 0.926. The number of benzene rings is 1. The molecule has 2 heterocycles. The van der Waals surface area contributed by atoms with E-state index in [2.05, 4.69) is 29.5 Å². The minimum Gasteiger partial charge on any atom is -0.493 e. The van der Waals surface area contributed by atoms with Gasteiger partial charge in [0.2, 0.25) is 0 Å². The maximum absolute atomic E-state index is 5.98. The molecule has 4 nitrogen and oxygen atoms in total. The SMILES string of the molecule is COc1cccc2cc(C(C)NN3CCCCC3)oc12. The largest absolute Gasteiger partial charge is 0.493 e. The number of rotatable bonds is 4. The lowest BCUT2D eigenvalue weighted by Gasteiger charge is -2.29. The molecule has 1 N–H and O–H groups in total. The van der Waals surface area contributed by atoms with Gasteiger partial charge in [0, 0.05) is 18.5 Å². The lowest BCUT2D eigenvalue weighted by atomic mass is 10.1. The summed E-state index contributed by atoms with van der Waals surface area (Å²) in [6, 6.07) is 8.24. The number of piperidine rings is 1. The third-order valence-corrected chi connectivity index (χ3v) is 3.91. The van der Waals surface area contributed by atoms with Crippen LogP contribution in [0.25, 0.3) is 11.0 Å². The Labute approximate surface area is 119 Å². The van der Waals surface area contributed by atoms with Crippen LogP contribution in [0, 0.1) is 0 Å². The van der Waals surface area contributed by atoms with Crippen molar-refractivity contribution in [2.45, 2.75) is 32.2 Å². The molecule has 1 saturated heterocycles. The van der Waals surface area contributed by atoms with Crippen LogP contribution in [0.5, 0.6) is 5.75 Å². The van der Waals surface area contributed by atoms with Crippen LogP contribution in [0.15, 0.2) is 28.7 Å². The third-order valence-electron chi connectivity index (χ3n) is 3.91. The molecular formula is C16H22N2O2. The number of furan rings is 1. The standard InChI is InChI=1S/C16H22N2O2/c1-12(17-18-9-4-3-5-10-18)15-11-13-7-6-8-14(19-2)16(13)20-15/h6-8,11-12,17H,3-5,9-10H2,1-2H3. The summed E-state index contributed by atoms with van der Waals surface area (Å²) in [6.45, 7) is 4.38.